The molecule has 9 heteroatoms. The van der Waals surface area contributed by atoms with Crippen LogP contribution in [-0.2, 0) is 23.9 Å². The van der Waals surface area contributed by atoms with Crippen LogP contribution in [0.2, 0.25) is 5.02 Å². The Kier molecular flexibility index (Phi) is 6.02. The zero-order valence-corrected chi connectivity index (χ0v) is 20.5. The summed E-state index contributed by atoms with van der Waals surface area (Å²) in [5.74, 6) is -2.19. The Morgan fingerprint density at radius 2 is 1.94 bits per heavy atom. The molecular formula is C26H29ClN2O6. The van der Waals surface area contributed by atoms with Crippen molar-refractivity contribution in [3.05, 3.63) is 53.6 Å². The maximum atomic E-state index is 14.2. The number of aliphatic hydroxyl groups excluding tert-OH is 1. The first-order valence-corrected chi connectivity index (χ1v) is 12.3. The molecule has 1 aromatic carbocycles. The van der Waals surface area contributed by atoms with Gasteiger partial charge in [-0.2, -0.15) is 0 Å². The number of rotatable bonds is 3. The lowest BCUT2D eigenvalue weighted by molar-refractivity contribution is -0.158. The molecule has 4 aliphatic heterocycles. The number of benzene rings is 1. The number of amides is 2. The first-order chi connectivity index (χ1) is 16.8. The molecule has 0 saturated carbocycles. The van der Waals surface area contributed by atoms with Gasteiger partial charge in [0.1, 0.15) is 17.6 Å². The predicted octanol–water partition coefficient (Wildman–Crippen LogP) is 2.49. The van der Waals surface area contributed by atoms with Crippen LogP contribution in [0.3, 0.4) is 0 Å². The van der Waals surface area contributed by atoms with Gasteiger partial charge in [0.25, 0.3) is 5.91 Å². The summed E-state index contributed by atoms with van der Waals surface area (Å²) >= 11 is 6.05. The number of esters is 1. The van der Waals surface area contributed by atoms with Crippen molar-refractivity contribution >= 4 is 35.1 Å². The van der Waals surface area contributed by atoms with E-state index in [4.69, 9.17) is 21.1 Å². The van der Waals surface area contributed by atoms with Crippen molar-refractivity contribution in [2.75, 3.05) is 24.7 Å². The lowest BCUT2D eigenvalue weighted by Gasteiger charge is -2.38. The average Bonchev–Trinajstić information content (AvgIpc) is 3.16. The summed E-state index contributed by atoms with van der Waals surface area (Å²) in [5.41, 5.74) is -2.19. The lowest BCUT2D eigenvalue weighted by Crippen LogP contribution is -2.58. The molecule has 4 aliphatic rings. The van der Waals surface area contributed by atoms with Crippen LogP contribution >= 0.6 is 11.6 Å². The highest BCUT2D eigenvalue weighted by Crippen LogP contribution is 2.61. The van der Waals surface area contributed by atoms with E-state index in [1.807, 2.05) is 18.2 Å². The van der Waals surface area contributed by atoms with E-state index in [9.17, 15) is 19.5 Å². The minimum atomic E-state index is -1.41. The van der Waals surface area contributed by atoms with E-state index in [2.05, 4.69) is 0 Å². The molecule has 5 rings (SSSR count). The number of cyclic esters (lactones) is 1. The summed E-state index contributed by atoms with van der Waals surface area (Å²) in [5, 5.41) is 10.6. The van der Waals surface area contributed by atoms with Crippen LogP contribution in [0.4, 0.5) is 5.69 Å². The number of anilines is 1. The van der Waals surface area contributed by atoms with Gasteiger partial charge >= 0.3 is 5.97 Å². The van der Waals surface area contributed by atoms with Gasteiger partial charge < -0.3 is 24.4 Å². The van der Waals surface area contributed by atoms with Gasteiger partial charge in [-0.05, 0) is 51.0 Å². The van der Waals surface area contributed by atoms with E-state index >= 15 is 0 Å². The zero-order valence-electron chi connectivity index (χ0n) is 19.7. The fraction of sp³-hybridized carbons (Fsp3) is 0.500. The molecule has 1 aromatic rings. The van der Waals surface area contributed by atoms with Crippen LogP contribution in [0.25, 0.3) is 0 Å². The number of likely N-dealkylation sites (tertiary alicyclic amines) is 1. The number of hydrogen-bond acceptors (Lipinski definition) is 6. The Labute approximate surface area is 209 Å². The monoisotopic (exact) mass is 500 g/mol. The van der Waals surface area contributed by atoms with Crippen LogP contribution in [0.15, 0.2) is 48.6 Å². The molecule has 0 aliphatic carbocycles. The number of carbonyl (C=O) groups excluding carboxylic acids is 3. The highest BCUT2D eigenvalue weighted by Gasteiger charge is 2.79. The minimum absolute atomic E-state index is 0.253. The van der Waals surface area contributed by atoms with Gasteiger partial charge in [-0.3, -0.25) is 14.4 Å². The number of hydrogen-bond donors (Lipinski definition) is 1. The molecule has 186 valence electrons. The van der Waals surface area contributed by atoms with E-state index in [0.717, 1.165) is 0 Å². The van der Waals surface area contributed by atoms with E-state index < -0.39 is 47.0 Å². The molecule has 4 heterocycles. The van der Waals surface area contributed by atoms with Crippen molar-refractivity contribution in [2.24, 2.45) is 11.3 Å². The van der Waals surface area contributed by atoms with Crippen molar-refractivity contribution in [3.63, 3.8) is 0 Å². The number of fused-ring (bicyclic) bond motifs is 2. The minimum Gasteiger partial charge on any atom is -0.465 e. The highest BCUT2D eigenvalue weighted by molar-refractivity contribution is 6.30. The van der Waals surface area contributed by atoms with Crippen molar-refractivity contribution in [3.8, 4) is 0 Å². The number of aliphatic hydroxyl groups is 1. The number of carbonyl (C=O) groups is 3. The molecule has 6 atom stereocenters. The first kappa shape index (κ1) is 24.0. The van der Waals surface area contributed by atoms with E-state index in [1.165, 1.54) is 4.90 Å². The quantitative estimate of drug-likeness (QED) is 0.506. The van der Waals surface area contributed by atoms with Gasteiger partial charge in [0, 0.05) is 17.3 Å². The Morgan fingerprint density at radius 3 is 2.66 bits per heavy atom. The highest BCUT2D eigenvalue weighted by atomic mass is 35.5. The standard InChI is InChI=1S/C26H29ClN2O6/c1-16(15-30)29-21-22(31)28(18-10-8-17(27)9-11-18)13-6-12-26(21)25(2,24(29)33)20-19(35-26)7-4-3-5-14-34-23(20)32/h4,6-12,16,19-21,30H,3,5,13-15H2,1-2H3/b7-4-/t16?,19-,20?,21-,25+,26?/m1/s1. The second kappa shape index (κ2) is 8.76. The predicted molar refractivity (Wildman–Crippen MR) is 129 cm³/mol. The van der Waals surface area contributed by atoms with Crippen LogP contribution in [-0.4, -0.2) is 71.3 Å². The molecule has 35 heavy (non-hydrogen) atoms. The summed E-state index contributed by atoms with van der Waals surface area (Å²) in [4.78, 5) is 44.7. The third kappa shape index (κ3) is 3.37. The molecule has 2 saturated heterocycles. The van der Waals surface area contributed by atoms with Crippen molar-refractivity contribution in [1.29, 1.82) is 0 Å². The van der Waals surface area contributed by atoms with Crippen molar-refractivity contribution in [1.82, 2.24) is 4.90 Å². The molecular weight excluding hydrogens is 472 g/mol. The molecule has 1 N–H and O–H groups in total. The molecule has 8 nitrogen and oxygen atoms in total. The Hall–Kier alpha value is -2.68. The van der Waals surface area contributed by atoms with Crippen molar-refractivity contribution in [2.45, 2.75) is 50.5 Å². The van der Waals surface area contributed by atoms with Gasteiger partial charge in [0.05, 0.1) is 30.8 Å². The normalized spacial score (nSPS) is 36.3. The van der Waals surface area contributed by atoms with Crippen LogP contribution < -0.4 is 4.90 Å². The molecule has 2 fully saturated rings. The largest absolute Gasteiger partial charge is 0.465 e. The van der Waals surface area contributed by atoms with Crippen LogP contribution in [0.1, 0.15) is 26.7 Å². The van der Waals surface area contributed by atoms with Gasteiger partial charge in [-0.25, -0.2) is 0 Å². The third-order valence-corrected chi connectivity index (χ3v) is 8.08. The second-order valence-electron chi connectivity index (χ2n) is 9.77. The molecule has 1 spiro atoms. The molecule has 3 unspecified atom stereocenters. The number of nitrogens with zero attached hydrogens (tertiary/aromatic N) is 2. The summed E-state index contributed by atoms with van der Waals surface area (Å²) < 4.78 is 12.2. The van der Waals surface area contributed by atoms with Crippen LogP contribution in [0.5, 0.6) is 0 Å². The fourth-order valence-electron chi connectivity index (χ4n) is 6.02. The SMILES string of the molecule is CC(CO)N1C(=O)[C@]2(C)C3C(=O)OCCC/C=C\[C@H]3OC23C=CCN(c2ccc(Cl)cc2)C(=O)[C@@H]13. The second-order valence-corrected chi connectivity index (χ2v) is 10.2. The summed E-state index contributed by atoms with van der Waals surface area (Å²) in [6, 6.07) is 5.14. The first-order valence-electron chi connectivity index (χ1n) is 12.0. The van der Waals surface area contributed by atoms with Gasteiger partial charge in [-0.15, -0.1) is 0 Å². The molecule has 0 aromatic heterocycles. The molecule has 0 bridgehead atoms. The van der Waals surface area contributed by atoms with Gasteiger partial charge in [-0.1, -0.05) is 35.9 Å². The molecule has 2 amide bonds. The summed E-state index contributed by atoms with van der Waals surface area (Å²) in [6.45, 7) is 3.54. The van der Waals surface area contributed by atoms with Crippen molar-refractivity contribution < 1.29 is 29.0 Å². The van der Waals surface area contributed by atoms with Gasteiger partial charge in [0.2, 0.25) is 5.91 Å². The number of ether oxygens (including phenoxy) is 2. The van der Waals surface area contributed by atoms with E-state index in [0.29, 0.717) is 23.6 Å². The average molecular weight is 501 g/mol. The third-order valence-electron chi connectivity index (χ3n) is 7.83. The Balaban J connectivity index is 1.68. The number of allylic oxidation sites excluding steroid dienone is 1. The lowest BCUT2D eigenvalue weighted by atomic mass is 9.65. The molecule has 0 radical (unpaired) electrons. The zero-order chi connectivity index (χ0) is 25.0. The van der Waals surface area contributed by atoms with E-state index in [1.54, 1.807) is 49.1 Å². The van der Waals surface area contributed by atoms with Gasteiger partial charge in [0.15, 0.2) is 0 Å². The van der Waals surface area contributed by atoms with E-state index in [-0.39, 0.29) is 25.7 Å². The topological polar surface area (TPSA) is 96.4 Å². The fourth-order valence-corrected chi connectivity index (χ4v) is 6.14. The Morgan fingerprint density at radius 1 is 1.20 bits per heavy atom. The summed E-state index contributed by atoms with van der Waals surface area (Å²) in [7, 11) is 0. The van der Waals surface area contributed by atoms with Crippen LogP contribution in [0, 0.1) is 11.3 Å². The summed E-state index contributed by atoms with van der Waals surface area (Å²) in [6.07, 6.45) is 8.02. The maximum Gasteiger partial charge on any atom is 0.313 e. The maximum absolute atomic E-state index is 14.2. The Bertz CT molecular complexity index is 1100. The number of halogens is 1. The smallest absolute Gasteiger partial charge is 0.313 e.